The van der Waals surface area contributed by atoms with E-state index in [9.17, 15) is 0 Å². The van der Waals surface area contributed by atoms with E-state index in [1.165, 1.54) is 61.4 Å². The highest BCUT2D eigenvalue weighted by Crippen LogP contribution is 2.40. The van der Waals surface area contributed by atoms with Crippen LogP contribution in [-0.2, 0) is 12.8 Å². The highest BCUT2D eigenvalue weighted by molar-refractivity contribution is 5.83. The first-order valence-electron chi connectivity index (χ1n) is 22.1. The second-order valence-electron chi connectivity index (χ2n) is 16.3. The van der Waals surface area contributed by atoms with Gasteiger partial charge in [-0.1, -0.05) is 158 Å². The number of aryl methyl sites for hydroxylation is 5. The maximum atomic E-state index is 5.33. The molecule has 0 heterocycles. The van der Waals surface area contributed by atoms with E-state index in [0.29, 0.717) is 0 Å². The van der Waals surface area contributed by atoms with Crippen molar-refractivity contribution in [3.63, 3.8) is 0 Å². The molecule has 0 spiro atoms. The zero-order chi connectivity index (χ0) is 43.7. The molecule has 0 saturated heterocycles. The number of hydrogen-bond acceptors (Lipinski definition) is 3. The van der Waals surface area contributed by atoms with Crippen LogP contribution < -0.4 is 14.5 Å². The summed E-state index contributed by atoms with van der Waals surface area (Å²) in [5, 5.41) is 0. The van der Waals surface area contributed by atoms with Crippen LogP contribution in [0.25, 0.3) is 35.4 Å². The summed E-state index contributed by atoms with van der Waals surface area (Å²) in [7, 11) is 1.69. The van der Waals surface area contributed by atoms with Crippen molar-refractivity contribution in [2.24, 2.45) is 0 Å². The van der Waals surface area contributed by atoms with Gasteiger partial charge in [0.15, 0.2) is 0 Å². The van der Waals surface area contributed by atoms with Crippen molar-refractivity contribution in [2.45, 2.75) is 47.5 Å². The summed E-state index contributed by atoms with van der Waals surface area (Å²) in [6.45, 7) is 11.0. The van der Waals surface area contributed by atoms with E-state index >= 15 is 0 Å². The molecule has 0 aromatic heterocycles. The number of hydrogen-bond donors (Lipinski definition) is 0. The largest absolute Gasteiger partial charge is 0.497 e. The summed E-state index contributed by atoms with van der Waals surface area (Å²) in [4.78, 5) is 4.76. The van der Waals surface area contributed by atoms with Crippen LogP contribution in [0.2, 0.25) is 0 Å². The lowest BCUT2D eigenvalue weighted by atomic mass is 10.0. The van der Waals surface area contributed by atoms with Crippen LogP contribution in [-0.4, -0.2) is 7.11 Å². The molecule has 0 atom stereocenters. The summed E-state index contributed by atoms with van der Waals surface area (Å²) < 4.78 is 5.33. The molecule has 8 aromatic carbocycles. The van der Waals surface area contributed by atoms with Gasteiger partial charge in [0, 0.05) is 34.1 Å². The lowest BCUT2D eigenvalue weighted by molar-refractivity contribution is 0.415. The average molecular weight is 821 g/mol. The molecule has 0 amide bonds. The van der Waals surface area contributed by atoms with Crippen molar-refractivity contribution in [1.29, 1.82) is 0 Å². The molecule has 3 heteroatoms. The molecule has 8 rings (SSSR count). The minimum Gasteiger partial charge on any atom is -0.497 e. The highest BCUT2D eigenvalue weighted by Gasteiger charge is 2.18. The molecule has 0 aliphatic rings. The summed E-state index contributed by atoms with van der Waals surface area (Å²) in [5.74, 6) is 0.858. The van der Waals surface area contributed by atoms with E-state index in [0.717, 1.165) is 52.5 Å². The molecule has 0 aliphatic heterocycles. The number of rotatable bonds is 14. The van der Waals surface area contributed by atoms with Crippen LogP contribution in [0, 0.1) is 20.8 Å². The second kappa shape index (κ2) is 19.6. The molecule has 63 heavy (non-hydrogen) atoms. The van der Waals surface area contributed by atoms with Gasteiger partial charge in [0.2, 0.25) is 0 Å². The summed E-state index contributed by atoms with van der Waals surface area (Å²) >= 11 is 0. The molecule has 8 aromatic rings. The van der Waals surface area contributed by atoms with Crippen LogP contribution in [0.15, 0.2) is 182 Å². The standard InChI is InChI=1S/C60H56N2O/c1-7-46-24-40-59(45(5)42-46)61(54-29-18-49(19-30-54)16-17-50-22-37-58(63-6)38-23-50)56-33-25-52(26-34-56)53-27-35-57(36-28-53)62(60-39-11-44(4)41-51(60)8-2)55-31-20-48(21-32-55)15-14-47-12-9-43(3)10-13-47/h9-42H,7-8H2,1-6H3/b15-14+,17-16+. The SMILES string of the molecule is CCc1ccc(N(c2ccc(/C=C/c3ccc(OC)cc3)cc2)c2ccc(-c3ccc(N(c4ccc(/C=C/c5ccc(C)cc5)cc4)c4ccc(C)cc4CC)cc3)cc2)c(C)c1. The lowest BCUT2D eigenvalue weighted by Gasteiger charge is -2.28. The van der Waals surface area contributed by atoms with Gasteiger partial charge in [-0.25, -0.2) is 0 Å². The van der Waals surface area contributed by atoms with E-state index in [-0.39, 0.29) is 0 Å². The van der Waals surface area contributed by atoms with Crippen molar-refractivity contribution < 1.29 is 4.74 Å². The van der Waals surface area contributed by atoms with Gasteiger partial charge in [-0.2, -0.15) is 0 Å². The van der Waals surface area contributed by atoms with Gasteiger partial charge >= 0.3 is 0 Å². The van der Waals surface area contributed by atoms with Gasteiger partial charge in [0.1, 0.15) is 5.75 Å². The van der Waals surface area contributed by atoms with Crippen LogP contribution in [0.1, 0.15) is 63.9 Å². The lowest BCUT2D eigenvalue weighted by Crippen LogP contribution is -2.12. The first-order valence-corrected chi connectivity index (χ1v) is 22.1. The fourth-order valence-corrected chi connectivity index (χ4v) is 8.11. The van der Waals surface area contributed by atoms with Crippen molar-refractivity contribution in [3.8, 4) is 16.9 Å². The average Bonchev–Trinajstić information content (AvgIpc) is 3.33. The van der Waals surface area contributed by atoms with Crippen molar-refractivity contribution in [3.05, 3.63) is 232 Å². The molecule has 0 unspecified atom stereocenters. The van der Waals surface area contributed by atoms with Gasteiger partial charge in [0.05, 0.1) is 7.11 Å². The van der Waals surface area contributed by atoms with E-state index < -0.39 is 0 Å². The topological polar surface area (TPSA) is 15.7 Å². The molecule has 0 saturated carbocycles. The number of methoxy groups -OCH3 is 1. The summed E-state index contributed by atoms with van der Waals surface area (Å²) in [6, 6.07) is 66.1. The van der Waals surface area contributed by atoms with Gasteiger partial charge in [-0.05, 0) is 156 Å². The third kappa shape index (κ3) is 10.1. The van der Waals surface area contributed by atoms with Gasteiger partial charge < -0.3 is 14.5 Å². The quantitative estimate of drug-likeness (QED) is 0.102. The molecular weight excluding hydrogens is 765 g/mol. The van der Waals surface area contributed by atoms with Crippen LogP contribution >= 0.6 is 0 Å². The van der Waals surface area contributed by atoms with E-state index in [2.05, 4.69) is 239 Å². The monoisotopic (exact) mass is 820 g/mol. The predicted octanol–water partition coefficient (Wildman–Crippen LogP) is 16.7. The molecule has 0 radical (unpaired) electrons. The Morgan fingerprint density at radius 3 is 1.22 bits per heavy atom. The third-order valence-electron chi connectivity index (χ3n) is 11.8. The molecule has 0 fully saturated rings. The minimum atomic E-state index is 0.858. The maximum absolute atomic E-state index is 5.33. The zero-order valence-corrected chi connectivity index (χ0v) is 37.3. The number of nitrogens with zero attached hydrogens (tertiary/aromatic N) is 2. The maximum Gasteiger partial charge on any atom is 0.118 e. The Balaban J connectivity index is 1.07. The molecule has 0 N–H and O–H groups in total. The van der Waals surface area contributed by atoms with Gasteiger partial charge in [-0.3, -0.25) is 0 Å². The first-order chi connectivity index (χ1) is 30.8. The Morgan fingerprint density at radius 1 is 0.397 bits per heavy atom. The smallest absolute Gasteiger partial charge is 0.118 e. The Bertz CT molecular complexity index is 2820. The minimum absolute atomic E-state index is 0.858. The Hall–Kier alpha value is -7.36. The Kier molecular flexibility index (Phi) is 13.1. The van der Waals surface area contributed by atoms with Crippen LogP contribution in [0.3, 0.4) is 0 Å². The van der Waals surface area contributed by atoms with E-state index in [4.69, 9.17) is 4.74 Å². The van der Waals surface area contributed by atoms with Gasteiger partial charge in [0.25, 0.3) is 0 Å². The Morgan fingerprint density at radius 2 is 0.794 bits per heavy atom. The number of ether oxygens (including phenoxy) is 1. The fourth-order valence-electron chi connectivity index (χ4n) is 8.11. The molecule has 0 aliphatic carbocycles. The van der Waals surface area contributed by atoms with E-state index in [1.54, 1.807) is 7.11 Å². The molecule has 3 nitrogen and oxygen atoms in total. The number of benzene rings is 8. The molecular formula is C60H56N2O. The second-order valence-corrected chi connectivity index (χ2v) is 16.3. The Labute approximate surface area is 374 Å². The van der Waals surface area contributed by atoms with E-state index in [1.807, 2.05) is 12.1 Å². The highest BCUT2D eigenvalue weighted by atomic mass is 16.5. The van der Waals surface area contributed by atoms with Crippen molar-refractivity contribution >= 4 is 58.4 Å². The molecule has 0 bridgehead atoms. The summed E-state index contributed by atoms with van der Waals surface area (Å²) in [6.07, 6.45) is 10.6. The van der Waals surface area contributed by atoms with Crippen molar-refractivity contribution in [1.82, 2.24) is 0 Å². The van der Waals surface area contributed by atoms with Crippen LogP contribution in [0.5, 0.6) is 5.75 Å². The normalized spacial score (nSPS) is 11.3. The predicted molar refractivity (Wildman–Crippen MR) is 272 cm³/mol. The third-order valence-corrected chi connectivity index (χ3v) is 11.8. The van der Waals surface area contributed by atoms with Crippen molar-refractivity contribution in [2.75, 3.05) is 16.9 Å². The fraction of sp³-hybridized carbons (Fsp3) is 0.133. The first kappa shape index (κ1) is 42.3. The molecule has 312 valence electrons. The summed E-state index contributed by atoms with van der Waals surface area (Å²) in [5.41, 5.74) is 20.3. The van der Waals surface area contributed by atoms with Gasteiger partial charge in [-0.15, -0.1) is 0 Å². The van der Waals surface area contributed by atoms with Crippen LogP contribution in [0.4, 0.5) is 34.1 Å². The zero-order valence-electron chi connectivity index (χ0n) is 37.3. The number of anilines is 6.